The summed E-state index contributed by atoms with van der Waals surface area (Å²) in [4.78, 5) is 38.2. The lowest BCUT2D eigenvalue weighted by Crippen LogP contribution is -2.48. The van der Waals surface area contributed by atoms with Gasteiger partial charge in [0, 0.05) is 18.4 Å². The Kier molecular flexibility index (Phi) is 8.89. The molecular weight excluding hydrogens is 462 g/mol. The normalized spacial score (nSPS) is 15.1. The van der Waals surface area contributed by atoms with Gasteiger partial charge in [0.1, 0.15) is 12.4 Å². The van der Waals surface area contributed by atoms with Crippen molar-refractivity contribution in [1.29, 1.82) is 0 Å². The third-order valence-corrected chi connectivity index (χ3v) is 7.08. The molecular formula is C32H35NO4. The molecule has 1 unspecified atom stereocenters. The fourth-order valence-corrected chi connectivity index (χ4v) is 5.28. The van der Waals surface area contributed by atoms with E-state index in [4.69, 9.17) is 4.74 Å². The summed E-state index contributed by atoms with van der Waals surface area (Å²) in [6.45, 7) is 1.73. The van der Waals surface area contributed by atoms with E-state index in [1.807, 2.05) is 72.8 Å². The minimum Gasteiger partial charge on any atom is -0.461 e. The van der Waals surface area contributed by atoms with Gasteiger partial charge < -0.3 is 10.1 Å². The van der Waals surface area contributed by atoms with Crippen molar-refractivity contribution in [2.45, 2.75) is 64.0 Å². The molecule has 0 radical (unpaired) electrons. The Morgan fingerprint density at radius 2 is 1.41 bits per heavy atom. The van der Waals surface area contributed by atoms with Crippen LogP contribution in [0.5, 0.6) is 0 Å². The van der Waals surface area contributed by atoms with E-state index >= 15 is 0 Å². The molecule has 0 aliphatic heterocycles. The Bertz CT molecular complexity index is 1180. The van der Waals surface area contributed by atoms with Crippen LogP contribution in [-0.4, -0.2) is 23.2 Å². The molecule has 1 atom stereocenters. The molecule has 0 heterocycles. The van der Waals surface area contributed by atoms with Crippen molar-refractivity contribution < 1.29 is 19.1 Å². The average molecular weight is 498 g/mol. The smallest absolute Gasteiger partial charge is 0.310 e. The van der Waals surface area contributed by atoms with Crippen molar-refractivity contribution in [1.82, 2.24) is 5.32 Å². The maximum absolute atomic E-state index is 13.2. The number of nitrogens with one attached hydrogen (secondary N) is 1. The van der Waals surface area contributed by atoms with Crippen molar-refractivity contribution in [3.05, 3.63) is 96.1 Å². The molecule has 1 saturated carbocycles. The molecule has 0 saturated heterocycles. The lowest BCUT2D eigenvalue weighted by atomic mass is 9.89. The summed E-state index contributed by atoms with van der Waals surface area (Å²) in [5, 5.41) is 3.13. The number of hydrogen-bond acceptors (Lipinski definition) is 4. The molecule has 37 heavy (non-hydrogen) atoms. The number of benzene rings is 3. The lowest BCUT2D eigenvalue weighted by Gasteiger charge is -2.30. The molecule has 1 aliphatic rings. The first-order chi connectivity index (χ1) is 17.9. The summed E-state index contributed by atoms with van der Waals surface area (Å²) in [5.41, 5.74) is 3.60. The van der Waals surface area contributed by atoms with Gasteiger partial charge in [0.15, 0.2) is 0 Å². The summed E-state index contributed by atoms with van der Waals surface area (Å²) in [6, 6.07) is 27.7. The first-order valence-electron chi connectivity index (χ1n) is 13.1. The lowest BCUT2D eigenvalue weighted by molar-refractivity contribution is -0.151. The van der Waals surface area contributed by atoms with Gasteiger partial charge in [-0.05, 0) is 48.4 Å². The summed E-state index contributed by atoms with van der Waals surface area (Å²) >= 11 is 0. The van der Waals surface area contributed by atoms with Gasteiger partial charge in [-0.3, -0.25) is 14.4 Å². The van der Waals surface area contributed by atoms with Crippen molar-refractivity contribution in [3.63, 3.8) is 0 Å². The Balaban J connectivity index is 1.46. The number of carbonyl (C=O) groups is 3. The number of esters is 1. The van der Waals surface area contributed by atoms with Crippen LogP contribution in [0.2, 0.25) is 0 Å². The molecule has 0 aromatic heterocycles. The fraction of sp³-hybridized carbons (Fsp3) is 0.344. The number of ketones is 1. The van der Waals surface area contributed by atoms with Crippen LogP contribution >= 0.6 is 0 Å². The number of hydrogen-bond donors (Lipinski definition) is 1. The second-order valence-corrected chi connectivity index (χ2v) is 10.2. The van der Waals surface area contributed by atoms with Gasteiger partial charge in [-0.15, -0.1) is 0 Å². The van der Waals surface area contributed by atoms with E-state index in [2.05, 4.69) is 17.4 Å². The number of amides is 1. The second-order valence-electron chi connectivity index (χ2n) is 10.2. The van der Waals surface area contributed by atoms with Crippen LogP contribution in [0.1, 0.15) is 56.6 Å². The largest absolute Gasteiger partial charge is 0.461 e. The van der Waals surface area contributed by atoms with E-state index in [-0.39, 0.29) is 24.7 Å². The molecule has 0 bridgehead atoms. The second kappa shape index (κ2) is 12.5. The Morgan fingerprint density at radius 1 is 0.811 bits per heavy atom. The zero-order valence-corrected chi connectivity index (χ0v) is 21.5. The zero-order chi connectivity index (χ0) is 26.1. The molecule has 1 N–H and O–H groups in total. The first kappa shape index (κ1) is 26.3. The third-order valence-electron chi connectivity index (χ3n) is 7.08. The Labute approximate surface area is 219 Å². The molecule has 4 rings (SSSR count). The van der Waals surface area contributed by atoms with Crippen molar-refractivity contribution >= 4 is 17.7 Å². The van der Waals surface area contributed by atoms with E-state index < -0.39 is 17.4 Å². The van der Waals surface area contributed by atoms with E-state index in [1.54, 1.807) is 6.92 Å². The number of rotatable bonds is 11. The summed E-state index contributed by atoms with van der Waals surface area (Å²) in [5.74, 6) is -1.15. The molecule has 5 heteroatoms. The molecule has 3 aromatic rings. The van der Waals surface area contributed by atoms with E-state index in [9.17, 15) is 14.4 Å². The SMILES string of the molecule is CC(=O)CC1(NC(=O)CC(Cc2ccc(-c3ccccc3)cc2)C(=O)OCc2ccccc2)CCCC1. The number of carbonyl (C=O) groups excluding carboxylic acids is 3. The van der Waals surface area contributed by atoms with Gasteiger partial charge in [0.05, 0.1) is 5.92 Å². The number of Topliss-reactive ketones (excluding diaryl/α,β-unsaturated/α-hetero) is 1. The standard InChI is InChI=1S/C32H35NO4/c1-24(34)22-32(18-8-9-19-32)33-30(35)21-29(31(36)37-23-26-10-4-2-5-11-26)20-25-14-16-28(17-15-25)27-12-6-3-7-13-27/h2-7,10-17,29H,8-9,18-23H2,1H3,(H,33,35). The van der Waals surface area contributed by atoms with Crippen LogP contribution in [0.4, 0.5) is 0 Å². The highest BCUT2D eigenvalue weighted by Crippen LogP contribution is 2.33. The van der Waals surface area contributed by atoms with Crippen molar-refractivity contribution in [2.75, 3.05) is 0 Å². The quantitative estimate of drug-likeness (QED) is 0.327. The van der Waals surface area contributed by atoms with Gasteiger partial charge in [-0.1, -0.05) is 97.8 Å². The van der Waals surface area contributed by atoms with E-state index in [0.29, 0.717) is 12.8 Å². The zero-order valence-electron chi connectivity index (χ0n) is 21.5. The predicted molar refractivity (Wildman–Crippen MR) is 145 cm³/mol. The van der Waals surface area contributed by atoms with Gasteiger partial charge in [-0.2, -0.15) is 0 Å². The average Bonchev–Trinajstić information content (AvgIpc) is 3.35. The Hall–Kier alpha value is -3.73. The highest BCUT2D eigenvalue weighted by Gasteiger charge is 2.37. The minimum atomic E-state index is -0.623. The maximum Gasteiger partial charge on any atom is 0.310 e. The van der Waals surface area contributed by atoms with Crippen LogP contribution in [-0.2, 0) is 32.1 Å². The van der Waals surface area contributed by atoms with Crippen LogP contribution < -0.4 is 5.32 Å². The van der Waals surface area contributed by atoms with Gasteiger partial charge >= 0.3 is 5.97 Å². The Morgan fingerprint density at radius 3 is 2.03 bits per heavy atom. The van der Waals surface area contributed by atoms with Crippen LogP contribution in [0.3, 0.4) is 0 Å². The molecule has 0 spiro atoms. The molecule has 1 fully saturated rings. The fourth-order valence-electron chi connectivity index (χ4n) is 5.28. The molecule has 5 nitrogen and oxygen atoms in total. The van der Waals surface area contributed by atoms with Crippen LogP contribution in [0.15, 0.2) is 84.9 Å². The summed E-state index contributed by atoms with van der Waals surface area (Å²) < 4.78 is 5.64. The summed E-state index contributed by atoms with van der Waals surface area (Å²) in [7, 11) is 0. The third kappa shape index (κ3) is 7.63. The molecule has 1 amide bonds. The van der Waals surface area contributed by atoms with E-state index in [0.717, 1.165) is 47.9 Å². The highest BCUT2D eigenvalue weighted by molar-refractivity contribution is 5.85. The van der Waals surface area contributed by atoms with Gasteiger partial charge in [0.2, 0.25) is 5.91 Å². The predicted octanol–water partition coefficient (Wildman–Crippen LogP) is 6.05. The summed E-state index contributed by atoms with van der Waals surface area (Å²) in [6.07, 6.45) is 4.32. The van der Waals surface area contributed by atoms with Gasteiger partial charge in [-0.25, -0.2) is 0 Å². The van der Waals surface area contributed by atoms with Crippen LogP contribution in [0.25, 0.3) is 11.1 Å². The molecule has 1 aliphatic carbocycles. The topological polar surface area (TPSA) is 72.5 Å². The van der Waals surface area contributed by atoms with Crippen molar-refractivity contribution in [3.8, 4) is 11.1 Å². The first-order valence-corrected chi connectivity index (χ1v) is 13.1. The number of ether oxygens (including phenoxy) is 1. The molecule has 192 valence electrons. The highest BCUT2D eigenvalue weighted by atomic mass is 16.5. The van der Waals surface area contributed by atoms with Crippen molar-refractivity contribution in [2.24, 2.45) is 5.92 Å². The van der Waals surface area contributed by atoms with Crippen LogP contribution in [0, 0.1) is 5.92 Å². The van der Waals surface area contributed by atoms with E-state index in [1.165, 1.54) is 0 Å². The molecule has 3 aromatic carbocycles. The van der Waals surface area contributed by atoms with Gasteiger partial charge in [0.25, 0.3) is 0 Å². The maximum atomic E-state index is 13.2. The minimum absolute atomic E-state index is 0.0215. The monoisotopic (exact) mass is 497 g/mol.